The second-order valence-electron chi connectivity index (χ2n) is 4.80. The zero-order chi connectivity index (χ0) is 18.2. The standard InChI is InChI=1S/C17H15BrClNO4S/c1-23-15-7-4-12(19)8-14(15)20-16(21)9-24-17(22)10-25-13-5-2-11(18)3-6-13/h2-8H,9-10H2,1H3,(H,20,21). The molecule has 0 bridgehead atoms. The van der Waals surface area contributed by atoms with E-state index in [1.807, 2.05) is 24.3 Å². The van der Waals surface area contributed by atoms with Gasteiger partial charge in [-0.3, -0.25) is 9.59 Å². The van der Waals surface area contributed by atoms with Crippen LogP contribution in [0.2, 0.25) is 5.02 Å². The number of hydrogen-bond donors (Lipinski definition) is 1. The lowest BCUT2D eigenvalue weighted by molar-refractivity contribution is -0.144. The minimum Gasteiger partial charge on any atom is -0.495 e. The van der Waals surface area contributed by atoms with E-state index in [0.717, 1.165) is 9.37 Å². The maximum Gasteiger partial charge on any atom is 0.316 e. The van der Waals surface area contributed by atoms with Crippen molar-refractivity contribution in [2.45, 2.75) is 4.90 Å². The molecule has 2 aromatic carbocycles. The van der Waals surface area contributed by atoms with Gasteiger partial charge in [0.2, 0.25) is 0 Å². The van der Waals surface area contributed by atoms with Crippen molar-refractivity contribution in [1.29, 1.82) is 0 Å². The van der Waals surface area contributed by atoms with Gasteiger partial charge in [0.25, 0.3) is 5.91 Å². The summed E-state index contributed by atoms with van der Waals surface area (Å²) in [4.78, 5) is 24.6. The predicted molar refractivity (Wildman–Crippen MR) is 102 cm³/mol. The van der Waals surface area contributed by atoms with Crippen LogP contribution in [0.3, 0.4) is 0 Å². The number of amides is 1. The highest BCUT2D eigenvalue weighted by Crippen LogP contribution is 2.27. The van der Waals surface area contributed by atoms with E-state index in [2.05, 4.69) is 21.2 Å². The number of anilines is 1. The zero-order valence-electron chi connectivity index (χ0n) is 13.3. The molecule has 0 aliphatic heterocycles. The van der Waals surface area contributed by atoms with Crippen LogP contribution in [0.15, 0.2) is 51.8 Å². The number of nitrogens with one attached hydrogen (secondary N) is 1. The fourth-order valence-corrected chi connectivity index (χ4v) is 2.96. The van der Waals surface area contributed by atoms with Gasteiger partial charge in [-0.1, -0.05) is 27.5 Å². The lowest BCUT2D eigenvalue weighted by atomic mass is 10.3. The Morgan fingerprint density at radius 1 is 1.20 bits per heavy atom. The quantitative estimate of drug-likeness (QED) is 0.507. The van der Waals surface area contributed by atoms with Crippen LogP contribution < -0.4 is 10.1 Å². The number of halogens is 2. The summed E-state index contributed by atoms with van der Waals surface area (Å²) < 4.78 is 11.1. The number of esters is 1. The maximum absolute atomic E-state index is 11.9. The minimum absolute atomic E-state index is 0.120. The highest BCUT2D eigenvalue weighted by Gasteiger charge is 2.11. The largest absolute Gasteiger partial charge is 0.495 e. The topological polar surface area (TPSA) is 64.6 Å². The third-order valence-electron chi connectivity index (χ3n) is 2.97. The van der Waals surface area contributed by atoms with Crippen LogP contribution in [0.4, 0.5) is 5.69 Å². The minimum atomic E-state index is -0.471. The van der Waals surface area contributed by atoms with E-state index in [4.69, 9.17) is 21.1 Å². The number of thioether (sulfide) groups is 1. The number of hydrogen-bond acceptors (Lipinski definition) is 5. The van der Waals surface area contributed by atoms with Crippen molar-refractivity contribution >= 4 is 56.9 Å². The molecule has 0 saturated carbocycles. The summed E-state index contributed by atoms with van der Waals surface area (Å²) in [5, 5.41) is 3.06. The molecule has 2 aromatic rings. The smallest absolute Gasteiger partial charge is 0.316 e. The average molecular weight is 445 g/mol. The Hall–Kier alpha value is -1.70. The fraction of sp³-hybridized carbons (Fsp3) is 0.176. The normalized spacial score (nSPS) is 10.2. The zero-order valence-corrected chi connectivity index (χ0v) is 16.4. The van der Waals surface area contributed by atoms with Crippen molar-refractivity contribution in [3.8, 4) is 5.75 Å². The molecule has 5 nitrogen and oxygen atoms in total. The van der Waals surface area contributed by atoms with Gasteiger partial charge >= 0.3 is 5.97 Å². The molecule has 0 spiro atoms. The molecule has 0 fully saturated rings. The van der Waals surface area contributed by atoms with E-state index < -0.39 is 11.9 Å². The SMILES string of the molecule is COc1ccc(Cl)cc1NC(=O)COC(=O)CSc1ccc(Br)cc1. The Kier molecular flexibility index (Phi) is 7.61. The first-order valence-electron chi connectivity index (χ1n) is 7.15. The third kappa shape index (κ3) is 6.61. The van der Waals surface area contributed by atoms with Gasteiger partial charge in [0.1, 0.15) is 5.75 Å². The van der Waals surface area contributed by atoms with Crippen molar-refractivity contribution < 1.29 is 19.1 Å². The molecule has 1 N–H and O–H groups in total. The molecular formula is C17H15BrClNO4S. The Morgan fingerprint density at radius 2 is 1.92 bits per heavy atom. The van der Waals surface area contributed by atoms with Crippen molar-refractivity contribution in [3.63, 3.8) is 0 Å². The first-order valence-corrected chi connectivity index (χ1v) is 9.31. The Balaban J connectivity index is 1.78. The second-order valence-corrected chi connectivity index (χ2v) is 7.20. The molecule has 1 amide bonds. The third-order valence-corrected chi connectivity index (χ3v) is 4.72. The van der Waals surface area contributed by atoms with Gasteiger partial charge < -0.3 is 14.8 Å². The van der Waals surface area contributed by atoms with E-state index in [1.54, 1.807) is 18.2 Å². The Labute approximate surface area is 163 Å². The van der Waals surface area contributed by atoms with Crippen molar-refractivity contribution in [3.05, 3.63) is 52.0 Å². The molecule has 0 aromatic heterocycles. The van der Waals surface area contributed by atoms with Crippen LogP contribution in [-0.2, 0) is 14.3 Å². The summed E-state index contributed by atoms with van der Waals surface area (Å²) in [5.74, 6) is -0.353. The van der Waals surface area contributed by atoms with Gasteiger partial charge in [0.05, 0.1) is 18.6 Å². The summed E-state index contributed by atoms with van der Waals surface area (Å²) in [6.07, 6.45) is 0. The van der Waals surface area contributed by atoms with Crippen molar-refractivity contribution in [2.24, 2.45) is 0 Å². The van der Waals surface area contributed by atoms with Crippen LogP contribution in [0.5, 0.6) is 5.75 Å². The number of carbonyl (C=O) groups is 2. The first-order chi connectivity index (χ1) is 12.0. The summed E-state index contributed by atoms with van der Waals surface area (Å²) in [6, 6.07) is 12.4. The van der Waals surface area contributed by atoms with Crippen molar-refractivity contribution in [1.82, 2.24) is 0 Å². The highest BCUT2D eigenvalue weighted by molar-refractivity contribution is 9.10. The van der Waals surface area contributed by atoms with Gasteiger partial charge in [-0.2, -0.15) is 0 Å². The number of rotatable bonds is 7. The van der Waals surface area contributed by atoms with Crippen molar-refractivity contribution in [2.75, 3.05) is 24.8 Å². The lowest BCUT2D eigenvalue weighted by Crippen LogP contribution is -2.21. The molecule has 2 rings (SSSR count). The van der Waals surface area contributed by atoms with Crippen LogP contribution in [0.1, 0.15) is 0 Å². The monoisotopic (exact) mass is 443 g/mol. The molecule has 0 unspecified atom stereocenters. The molecule has 0 radical (unpaired) electrons. The maximum atomic E-state index is 11.9. The van der Waals surface area contributed by atoms with Gasteiger partial charge in [0, 0.05) is 14.4 Å². The summed E-state index contributed by atoms with van der Waals surface area (Å²) in [5.41, 5.74) is 0.417. The molecule has 0 heterocycles. The van der Waals surface area contributed by atoms with Gasteiger partial charge in [0.15, 0.2) is 6.61 Å². The molecule has 25 heavy (non-hydrogen) atoms. The number of carbonyl (C=O) groups excluding carboxylic acids is 2. The summed E-state index contributed by atoms with van der Waals surface area (Å²) in [6.45, 7) is -0.380. The lowest BCUT2D eigenvalue weighted by Gasteiger charge is -2.10. The van der Waals surface area contributed by atoms with Crippen LogP contribution >= 0.6 is 39.3 Å². The second kappa shape index (κ2) is 9.70. The number of methoxy groups -OCH3 is 1. The van der Waals surface area contributed by atoms with Gasteiger partial charge in [-0.15, -0.1) is 11.8 Å². The van der Waals surface area contributed by atoms with Gasteiger partial charge in [-0.25, -0.2) is 0 Å². The van der Waals surface area contributed by atoms with E-state index in [0.29, 0.717) is 16.5 Å². The average Bonchev–Trinajstić information content (AvgIpc) is 2.59. The van der Waals surface area contributed by atoms with Crippen LogP contribution in [0, 0.1) is 0 Å². The molecule has 0 atom stereocenters. The molecule has 0 saturated heterocycles. The highest BCUT2D eigenvalue weighted by atomic mass is 79.9. The molecule has 0 aliphatic rings. The first kappa shape index (κ1) is 19.6. The van der Waals surface area contributed by atoms with E-state index in [9.17, 15) is 9.59 Å². The van der Waals surface area contributed by atoms with E-state index >= 15 is 0 Å². The molecule has 8 heteroatoms. The molecule has 0 aliphatic carbocycles. The molecular weight excluding hydrogens is 430 g/mol. The van der Waals surface area contributed by atoms with Crippen LogP contribution in [-0.4, -0.2) is 31.3 Å². The number of ether oxygens (including phenoxy) is 2. The summed E-state index contributed by atoms with van der Waals surface area (Å²) in [7, 11) is 1.48. The Morgan fingerprint density at radius 3 is 2.60 bits per heavy atom. The molecule has 132 valence electrons. The Bertz CT molecular complexity index is 755. The summed E-state index contributed by atoms with van der Waals surface area (Å²) >= 11 is 10.6. The van der Waals surface area contributed by atoms with Gasteiger partial charge in [-0.05, 0) is 42.5 Å². The van der Waals surface area contributed by atoms with Crippen LogP contribution in [0.25, 0.3) is 0 Å². The fourth-order valence-electron chi connectivity index (χ4n) is 1.82. The van der Waals surface area contributed by atoms with E-state index in [-0.39, 0.29) is 12.4 Å². The predicted octanol–water partition coefficient (Wildman–Crippen LogP) is 4.39. The van der Waals surface area contributed by atoms with E-state index in [1.165, 1.54) is 18.9 Å². The number of benzene rings is 2.